The normalized spacial score (nSPS) is 19.0. The number of aromatic amines is 1. The Hall–Kier alpha value is -2.20. The maximum Gasteiger partial charge on any atom is 0.116 e. The van der Waals surface area contributed by atoms with Crippen molar-refractivity contribution < 1.29 is 5.11 Å². The predicted octanol–water partition coefficient (Wildman–Crippen LogP) is 3.88. The molecule has 0 aliphatic heterocycles. The van der Waals surface area contributed by atoms with Crippen LogP contribution in [-0.2, 0) is 18.4 Å². The third kappa shape index (κ3) is 2.02. The number of aromatic nitrogens is 3. The number of nitrogens with one attached hydrogen (secondary N) is 1. The maximum absolute atomic E-state index is 11.0. The smallest absolute Gasteiger partial charge is 0.116 e. The zero-order valence-corrected chi connectivity index (χ0v) is 13.7. The molecule has 2 aliphatic carbocycles. The Morgan fingerprint density at radius 2 is 1.96 bits per heavy atom. The van der Waals surface area contributed by atoms with Crippen LogP contribution in [0.25, 0.3) is 22.2 Å². The van der Waals surface area contributed by atoms with Crippen LogP contribution in [0.4, 0.5) is 0 Å². The van der Waals surface area contributed by atoms with E-state index < -0.39 is 5.60 Å². The van der Waals surface area contributed by atoms with Crippen LogP contribution < -0.4 is 0 Å². The average Bonchev–Trinajstić information content (AvgIpc) is 3.14. The summed E-state index contributed by atoms with van der Waals surface area (Å²) in [6.45, 7) is 0. The van der Waals surface area contributed by atoms with E-state index in [1.54, 1.807) is 6.33 Å². The third-order valence-corrected chi connectivity index (χ3v) is 5.74. The molecule has 1 saturated carbocycles. The van der Waals surface area contributed by atoms with Crippen molar-refractivity contribution in [2.45, 2.75) is 50.5 Å². The molecule has 0 radical (unpaired) electrons. The molecule has 2 heterocycles. The lowest BCUT2D eigenvalue weighted by Gasteiger charge is -2.22. The van der Waals surface area contributed by atoms with Gasteiger partial charge in [-0.3, -0.25) is 0 Å². The van der Waals surface area contributed by atoms with Crippen molar-refractivity contribution in [1.82, 2.24) is 15.0 Å². The maximum atomic E-state index is 11.0. The van der Waals surface area contributed by atoms with E-state index in [2.05, 4.69) is 33.2 Å². The minimum Gasteiger partial charge on any atom is -0.385 e. The molecule has 5 rings (SSSR count). The Bertz CT molecular complexity index is 922. The number of hydrogen-bond donors (Lipinski definition) is 2. The van der Waals surface area contributed by atoms with Crippen molar-refractivity contribution in [2.24, 2.45) is 0 Å². The highest BCUT2D eigenvalue weighted by Gasteiger charge is 2.33. The fourth-order valence-electron chi connectivity index (χ4n) is 4.47. The van der Waals surface area contributed by atoms with E-state index in [0.717, 1.165) is 61.7 Å². The molecule has 4 nitrogen and oxygen atoms in total. The van der Waals surface area contributed by atoms with Gasteiger partial charge in [-0.25, -0.2) is 9.97 Å². The van der Waals surface area contributed by atoms with Gasteiger partial charge >= 0.3 is 0 Å². The molecule has 24 heavy (non-hydrogen) atoms. The summed E-state index contributed by atoms with van der Waals surface area (Å²) < 4.78 is 0. The SMILES string of the molecule is OC1(c2ccc3[nH]c4c(c3c2)-c2ncncc2CCC4)CCCC1. The number of benzene rings is 1. The van der Waals surface area contributed by atoms with Crippen molar-refractivity contribution in [2.75, 3.05) is 0 Å². The lowest BCUT2D eigenvalue weighted by molar-refractivity contribution is 0.0446. The first-order valence-corrected chi connectivity index (χ1v) is 8.91. The molecular weight excluding hydrogens is 298 g/mol. The van der Waals surface area contributed by atoms with E-state index in [-0.39, 0.29) is 0 Å². The first kappa shape index (κ1) is 14.2. The summed E-state index contributed by atoms with van der Waals surface area (Å²) in [5.41, 5.74) is 6.28. The lowest BCUT2D eigenvalue weighted by atomic mass is 9.90. The third-order valence-electron chi connectivity index (χ3n) is 5.74. The van der Waals surface area contributed by atoms with Gasteiger partial charge in [0.25, 0.3) is 0 Å². The Kier molecular flexibility index (Phi) is 3.04. The van der Waals surface area contributed by atoms with E-state index in [0.29, 0.717) is 0 Å². The van der Waals surface area contributed by atoms with Gasteiger partial charge in [0.2, 0.25) is 0 Å². The zero-order chi connectivity index (χ0) is 16.1. The highest BCUT2D eigenvalue weighted by Crippen LogP contribution is 2.42. The summed E-state index contributed by atoms with van der Waals surface area (Å²) >= 11 is 0. The summed E-state index contributed by atoms with van der Waals surface area (Å²) in [5.74, 6) is 0. The van der Waals surface area contributed by atoms with E-state index >= 15 is 0 Å². The first-order chi connectivity index (χ1) is 11.7. The second kappa shape index (κ2) is 5.15. The molecule has 2 N–H and O–H groups in total. The molecule has 3 aromatic rings. The summed E-state index contributed by atoms with van der Waals surface area (Å²) in [6, 6.07) is 6.40. The van der Waals surface area contributed by atoms with Crippen LogP contribution in [0, 0.1) is 0 Å². The van der Waals surface area contributed by atoms with Gasteiger partial charge in [-0.15, -0.1) is 0 Å². The van der Waals surface area contributed by atoms with E-state index in [4.69, 9.17) is 0 Å². The van der Waals surface area contributed by atoms with Gasteiger partial charge in [-0.1, -0.05) is 18.9 Å². The largest absolute Gasteiger partial charge is 0.385 e. The quantitative estimate of drug-likeness (QED) is 0.715. The number of aliphatic hydroxyl groups is 1. The number of hydrogen-bond acceptors (Lipinski definition) is 3. The Morgan fingerprint density at radius 1 is 1.08 bits per heavy atom. The number of rotatable bonds is 1. The van der Waals surface area contributed by atoms with Crippen LogP contribution in [-0.4, -0.2) is 20.1 Å². The van der Waals surface area contributed by atoms with Crippen LogP contribution >= 0.6 is 0 Å². The highest BCUT2D eigenvalue weighted by atomic mass is 16.3. The van der Waals surface area contributed by atoms with Crippen molar-refractivity contribution in [1.29, 1.82) is 0 Å². The molecule has 4 heteroatoms. The minimum absolute atomic E-state index is 0.655. The number of H-pyrrole nitrogens is 1. The van der Waals surface area contributed by atoms with Crippen LogP contribution in [0.15, 0.2) is 30.7 Å². The second-order valence-electron chi connectivity index (χ2n) is 7.23. The van der Waals surface area contributed by atoms with Crippen LogP contribution in [0.5, 0.6) is 0 Å². The Morgan fingerprint density at radius 3 is 2.83 bits per heavy atom. The van der Waals surface area contributed by atoms with Gasteiger partial charge in [0.05, 0.1) is 11.3 Å². The van der Waals surface area contributed by atoms with Crippen molar-refractivity contribution >= 4 is 10.9 Å². The van der Waals surface area contributed by atoms with Crippen molar-refractivity contribution in [3.63, 3.8) is 0 Å². The standard InChI is InChI=1S/C20H21N3O/c24-20(8-1-2-9-20)14-6-7-16-15(10-14)18-17(23-16)5-3-4-13-11-21-12-22-19(13)18/h6-7,10-12,23-24H,1-5,8-9H2. The summed E-state index contributed by atoms with van der Waals surface area (Å²) in [4.78, 5) is 12.4. The van der Waals surface area contributed by atoms with Gasteiger partial charge in [0, 0.05) is 28.4 Å². The monoisotopic (exact) mass is 319 g/mol. The van der Waals surface area contributed by atoms with Gasteiger partial charge in [-0.2, -0.15) is 0 Å². The van der Waals surface area contributed by atoms with Gasteiger partial charge < -0.3 is 10.1 Å². The second-order valence-corrected chi connectivity index (χ2v) is 7.23. The molecular formula is C20H21N3O. The molecule has 1 aromatic carbocycles. The molecule has 0 unspecified atom stereocenters. The Balaban J connectivity index is 1.76. The molecule has 2 aromatic heterocycles. The van der Waals surface area contributed by atoms with Crippen LogP contribution in [0.3, 0.4) is 0 Å². The minimum atomic E-state index is -0.655. The fraction of sp³-hybridized carbons (Fsp3) is 0.400. The molecule has 0 bridgehead atoms. The molecule has 1 fully saturated rings. The zero-order valence-electron chi connectivity index (χ0n) is 13.7. The summed E-state index contributed by atoms with van der Waals surface area (Å²) in [7, 11) is 0. The van der Waals surface area contributed by atoms with E-state index in [9.17, 15) is 5.11 Å². The molecule has 0 saturated heterocycles. The predicted molar refractivity (Wildman–Crippen MR) is 93.7 cm³/mol. The van der Waals surface area contributed by atoms with Crippen molar-refractivity contribution in [3.8, 4) is 11.3 Å². The van der Waals surface area contributed by atoms with Crippen LogP contribution in [0.2, 0.25) is 0 Å². The highest BCUT2D eigenvalue weighted by molar-refractivity contribution is 5.98. The molecule has 0 spiro atoms. The van der Waals surface area contributed by atoms with Crippen molar-refractivity contribution in [3.05, 3.63) is 47.5 Å². The van der Waals surface area contributed by atoms with E-state index in [1.165, 1.54) is 22.2 Å². The lowest BCUT2D eigenvalue weighted by Crippen LogP contribution is -2.20. The summed E-state index contributed by atoms with van der Waals surface area (Å²) in [6.07, 6.45) is 10.7. The Labute approximate surface area is 141 Å². The topological polar surface area (TPSA) is 61.8 Å². The molecule has 2 aliphatic rings. The van der Waals surface area contributed by atoms with Gasteiger partial charge in [0.1, 0.15) is 6.33 Å². The van der Waals surface area contributed by atoms with Gasteiger partial charge in [0.15, 0.2) is 0 Å². The molecule has 0 atom stereocenters. The number of nitrogens with zero attached hydrogens (tertiary/aromatic N) is 2. The number of aryl methyl sites for hydroxylation is 2. The number of fused-ring (bicyclic) bond motifs is 5. The van der Waals surface area contributed by atoms with Crippen LogP contribution in [0.1, 0.15) is 48.9 Å². The molecule has 122 valence electrons. The average molecular weight is 319 g/mol. The van der Waals surface area contributed by atoms with E-state index in [1.807, 2.05) is 6.20 Å². The summed E-state index contributed by atoms with van der Waals surface area (Å²) in [5, 5.41) is 12.2. The van der Waals surface area contributed by atoms with Gasteiger partial charge in [-0.05, 0) is 55.4 Å². The fourth-order valence-corrected chi connectivity index (χ4v) is 4.47. The first-order valence-electron chi connectivity index (χ1n) is 8.91. The molecule has 0 amide bonds.